The molecule has 1 aromatic carbocycles. The highest BCUT2D eigenvalue weighted by Gasteiger charge is 2.47. The SMILES string of the molecule is C=C/C=C(\C=C/CN(C1=CC=C(C2(C(=C)/C=C\C)C(/C=C\C)=C(C)C3=CC2C=CC=C3)CC=C1)/C(=C/C=C(\C)c1ccccc1)CC)C1=C(OC(C)C)C(C/C=C\C)CCC=C1. The molecule has 2 nitrogen and oxygen atoms in total. The number of rotatable bonds is 18. The molecule has 0 saturated carbocycles. The van der Waals surface area contributed by atoms with Crippen LogP contribution in [0, 0.1) is 17.3 Å². The zero-order valence-corrected chi connectivity index (χ0v) is 38.9. The summed E-state index contributed by atoms with van der Waals surface area (Å²) in [5.74, 6) is 1.49. The Balaban J connectivity index is 1.66. The molecule has 0 fully saturated rings. The van der Waals surface area contributed by atoms with Gasteiger partial charge in [0.2, 0.25) is 0 Å². The normalized spacial score (nSPS) is 22.5. The summed E-state index contributed by atoms with van der Waals surface area (Å²) in [6.07, 6.45) is 56.6. The molecule has 1 aromatic rings. The average molecular weight is 822 g/mol. The van der Waals surface area contributed by atoms with Crippen molar-refractivity contribution in [3.63, 3.8) is 0 Å². The van der Waals surface area contributed by atoms with Crippen molar-refractivity contribution >= 4 is 5.57 Å². The van der Waals surface area contributed by atoms with Crippen molar-refractivity contribution in [2.75, 3.05) is 6.54 Å². The van der Waals surface area contributed by atoms with Crippen molar-refractivity contribution in [3.05, 3.63) is 245 Å². The lowest BCUT2D eigenvalue weighted by molar-refractivity contribution is 0.117. The minimum atomic E-state index is -0.444. The molecule has 0 spiro atoms. The van der Waals surface area contributed by atoms with E-state index < -0.39 is 5.41 Å². The summed E-state index contributed by atoms with van der Waals surface area (Å²) in [6.45, 7) is 26.9. The van der Waals surface area contributed by atoms with E-state index in [2.05, 4.69) is 231 Å². The molecular formula is C60H71NO. The van der Waals surface area contributed by atoms with Crippen LogP contribution in [-0.2, 0) is 4.74 Å². The van der Waals surface area contributed by atoms with E-state index in [0.717, 1.165) is 60.3 Å². The van der Waals surface area contributed by atoms with Gasteiger partial charge in [-0.25, -0.2) is 0 Å². The Bertz CT molecular complexity index is 2290. The lowest BCUT2D eigenvalue weighted by Crippen LogP contribution is -2.37. The number of hydrogen-bond donors (Lipinski definition) is 0. The lowest BCUT2D eigenvalue weighted by atomic mass is 9.56. The molecular weight excluding hydrogens is 751 g/mol. The van der Waals surface area contributed by atoms with E-state index in [-0.39, 0.29) is 12.0 Å². The molecule has 0 saturated heterocycles. The molecule has 322 valence electrons. The summed E-state index contributed by atoms with van der Waals surface area (Å²) < 4.78 is 6.67. The molecule has 62 heavy (non-hydrogen) atoms. The van der Waals surface area contributed by atoms with Crippen molar-refractivity contribution in [2.45, 2.75) is 93.6 Å². The van der Waals surface area contributed by atoms with E-state index in [1.807, 2.05) is 6.08 Å². The highest BCUT2D eigenvalue weighted by atomic mass is 16.5. The maximum Gasteiger partial charge on any atom is 0.108 e. The van der Waals surface area contributed by atoms with Gasteiger partial charge in [-0.05, 0) is 138 Å². The van der Waals surface area contributed by atoms with Crippen LogP contribution in [-0.4, -0.2) is 17.5 Å². The third kappa shape index (κ3) is 11.1. The topological polar surface area (TPSA) is 12.5 Å². The molecule has 2 bridgehead atoms. The fourth-order valence-electron chi connectivity index (χ4n) is 9.18. The van der Waals surface area contributed by atoms with E-state index >= 15 is 0 Å². The van der Waals surface area contributed by atoms with Crippen molar-refractivity contribution in [2.24, 2.45) is 17.3 Å². The number of hydrogen-bond acceptors (Lipinski definition) is 2. The predicted octanol–water partition coefficient (Wildman–Crippen LogP) is 16.4. The summed E-state index contributed by atoms with van der Waals surface area (Å²) in [5, 5.41) is 0. The number of nitrogens with zero attached hydrogens (tertiary/aromatic N) is 1. The van der Waals surface area contributed by atoms with Gasteiger partial charge in [-0.3, -0.25) is 0 Å². The fourth-order valence-corrected chi connectivity index (χ4v) is 9.18. The van der Waals surface area contributed by atoms with Crippen LogP contribution in [0.15, 0.2) is 239 Å². The van der Waals surface area contributed by atoms with E-state index in [0.29, 0.717) is 12.5 Å². The van der Waals surface area contributed by atoms with Crippen molar-refractivity contribution < 1.29 is 4.74 Å². The molecule has 4 aliphatic rings. The van der Waals surface area contributed by atoms with Gasteiger partial charge >= 0.3 is 0 Å². The van der Waals surface area contributed by atoms with Crippen LogP contribution in [0.5, 0.6) is 0 Å². The minimum Gasteiger partial charge on any atom is -0.494 e. The van der Waals surface area contributed by atoms with Crippen LogP contribution in [0.4, 0.5) is 0 Å². The summed E-state index contributed by atoms with van der Waals surface area (Å²) in [4.78, 5) is 2.47. The maximum absolute atomic E-state index is 6.67. The second kappa shape index (κ2) is 23.4. The largest absolute Gasteiger partial charge is 0.494 e. The van der Waals surface area contributed by atoms with Crippen LogP contribution >= 0.6 is 0 Å². The Labute approximate surface area is 376 Å². The third-order valence-corrected chi connectivity index (χ3v) is 12.2. The average Bonchev–Trinajstić information content (AvgIpc) is 3.75. The zero-order chi connectivity index (χ0) is 44.5. The summed E-state index contributed by atoms with van der Waals surface area (Å²) in [5.41, 5.74) is 13.0. The maximum atomic E-state index is 6.67. The first-order valence-electron chi connectivity index (χ1n) is 22.8. The molecule has 3 unspecified atom stereocenters. The lowest BCUT2D eigenvalue weighted by Gasteiger charge is -2.46. The van der Waals surface area contributed by atoms with E-state index in [4.69, 9.17) is 11.3 Å². The number of allylic oxidation sites excluding steroid dienone is 32. The van der Waals surface area contributed by atoms with Crippen LogP contribution in [0.3, 0.4) is 0 Å². The van der Waals surface area contributed by atoms with Gasteiger partial charge < -0.3 is 9.64 Å². The second-order valence-electron chi connectivity index (χ2n) is 16.7. The van der Waals surface area contributed by atoms with Gasteiger partial charge in [0, 0.05) is 35.3 Å². The highest BCUT2D eigenvalue weighted by molar-refractivity contribution is 5.66. The molecule has 2 heteroatoms. The molecule has 5 rings (SSSR count). The van der Waals surface area contributed by atoms with Crippen LogP contribution in [0.1, 0.15) is 93.1 Å². The number of benzene rings is 1. The van der Waals surface area contributed by atoms with Gasteiger partial charge in [-0.15, -0.1) is 0 Å². The van der Waals surface area contributed by atoms with Crippen molar-refractivity contribution in [1.82, 2.24) is 4.90 Å². The van der Waals surface area contributed by atoms with Crippen LogP contribution in [0.2, 0.25) is 0 Å². The van der Waals surface area contributed by atoms with Gasteiger partial charge in [0.25, 0.3) is 0 Å². The first kappa shape index (κ1) is 47.2. The first-order valence-corrected chi connectivity index (χ1v) is 22.8. The highest BCUT2D eigenvalue weighted by Crippen LogP contribution is 2.57. The summed E-state index contributed by atoms with van der Waals surface area (Å²) in [7, 11) is 0. The smallest absolute Gasteiger partial charge is 0.108 e. The Morgan fingerprint density at radius 3 is 2.45 bits per heavy atom. The van der Waals surface area contributed by atoms with E-state index in [1.165, 1.54) is 39.1 Å². The van der Waals surface area contributed by atoms with Crippen LogP contribution < -0.4 is 0 Å². The Hall–Kier alpha value is -5.86. The van der Waals surface area contributed by atoms with Gasteiger partial charge in [-0.1, -0.05) is 178 Å². The number of ether oxygens (including phenoxy) is 1. The molecule has 0 aromatic heterocycles. The Morgan fingerprint density at radius 2 is 1.74 bits per heavy atom. The van der Waals surface area contributed by atoms with Gasteiger partial charge in [0.1, 0.15) is 5.76 Å². The number of fused-ring (bicyclic) bond motifs is 1. The zero-order valence-electron chi connectivity index (χ0n) is 38.9. The van der Waals surface area contributed by atoms with Crippen molar-refractivity contribution in [3.8, 4) is 0 Å². The summed E-state index contributed by atoms with van der Waals surface area (Å²) in [6, 6.07) is 10.6. The molecule has 4 aliphatic carbocycles. The first-order chi connectivity index (χ1) is 30.1. The van der Waals surface area contributed by atoms with Gasteiger partial charge in [0.15, 0.2) is 0 Å². The standard InChI is InChI=1S/C60H71NO/c1-11-16-29-51-32-21-23-38-57(59(51)62-45(6)7)50(27-13-3)34-25-43-61(55(15-5)41-39-46(8)49-30-18-17-19-31-49)56-37-24-36-53(40-42-56)60(47(9)26-12-2)54-35-22-20-33-52(44-54)48(10)58(60)28-14-4/h11-14,16-20,22-28,30-31,33-35,37-42,44-45,51,54H,3,9,15,21,29,32,36,43H2,1-2,4-8,10H3/b16-11-,26-12-,28-14-,34-25-,46-39+,50-27+,55-41+. The van der Waals surface area contributed by atoms with Gasteiger partial charge in [-0.2, -0.15) is 0 Å². The van der Waals surface area contributed by atoms with E-state index in [9.17, 15) is 0 Å². The van der Waals surface area contributed by atoms with Crippen molar-refractivity contribution in [1.29, 1.82) is 0 Å². The molecule has 3 atom stereocenters. The van der Waals surface area contributed by atoms with Gasteiger partial charge in [0.05, 0.1) is 11.5 Å². The molecule has 0 radical (unpaired) electrons. The Kier molecular flexibility index (Phi) is 17.8. The monoisotopic (exact) mass is 822 g/mol. The third-order valence-electron chi connectivity index (χ3n) is 12.2. The molecule has 0 N–H and O–H groups in total. The van der Waals surface area contributed by atoms with E-state index in [1.54, 1.807) is 0 Å². The summed E-state index contributed by atoms with van der Waals surface area (Å²) >= 11 is 0. The van der Waals surface area contributed by atoms with Crippen LogP contribution in [0.25, 0.3) is 5.57 Å². The second-order valence-corrected chi connectivity index (χ2v) is 16.7. The minimum absolute atomic E-state index is 0.0744. The molecule has 0 aliphatic heterocycles. The fraction of sp³-hybridized carbons (Fsp3) is 0.300. The predicted molar refractivity (Wildman–Crippen MR) is 271 cm³/mol. The quantitative estimate of drug-likeness (QED) is 0.108. The molecule has 0 heterocycles. The Morgan fingerprint density at radius 1 is 0.935 bits per heavy atom. The molecule has 0 amide bonds.